The first-order chi connectivity index (χ1) is 17.8. The van der Waals surface area contributed by atoms with E-state index in [0.717, 1.165) is 12.1 Å². The van der Waals surface area contributed by atoms with Crippen LogP contribution in [0.3, 0.4) is 0 Å². The highest BCUT2D eigenvalue weighted by Gasteiger charge is 2.35. The zero-order valence-corrected chi connectivity index (χ0v) is 21.7. The molecule has 0 unspecified atom stereocenters. The largest absolute Gasteiger partial charge is 0.417 e. The molecule has 3 aromatic heterocycles. The number of hydrogen-bond acceptors (Lipinski definition) is 8. The molecule has 4 aromatic rings. The van der Waals surface area contributed by atoms with Crippen LogP contribution in [-0.2, 0) is 16.2 Å². The van der Waals surface area contributed by atoms with Gasteiger partial charge in [-0.15, -0.1) is 10.2 Å². The summed E-state index contributed by atoms with van der Waals surface area (Å²) in [4.78, 5) is 17.7. The second-order valence-electron chi connectivity index (χ2n) is 7.65. The summed E-state index contributed by atoms with van der Waals surface area (Å²) in [7, 11) is -3.09. The van der Waals surface area contributed by atoms with Crippen molar-refractivity contribution < 1.29 is 30.9 Å². The van der Waals surface area contributed by atoms with Gasteiger partial charge in [0.1, 0.15) is 12.0 Å². The molecule has 4 rings (SSSR count). The quantitative estimate of drug-likeness (QED) is 0.332. The Hall–Kier alpha value is -3.69. The Morgan fingerprint density at radius 1 is 1.18 bits per heavy atom. The number of carbonyl (C=O) groups is 1. The van der Waals surface area contributed by atoms with Crippen LogP contribution in [0.2, 0.25) is 10.0 Å². The maximum Gasteiger partial charge on any atom is 0.417 e. The topological polar surface area (TPSA) is 136 Å². The molecule has 0 aliphatic carbocycles. The van der Waals surface area contributed by atoms with Gasteiger partial charge in [-0.3, -0.25) is 9.52 Å². The second-order valence-corrected chi connectivity index (χ2v) is 10.2. The summed E-state index contributed by atoms with van der Waals surface area (Å²) in [6.45, 7) is 2.08. The molecule has 0 atom stereocenters. The van der Waals surface area contributed by atoms with Crippen LogP contribution in [-0.4, -0.2) is 57.7 Å². The maximum atomic E-state index is 13.3. The van der Waals surface area contributed by atoms with E-state index in [2.05, 4.69) is 25.1 Å². The molecule has 17 heteroatoms. The Morgan fingerprint density at radius 3 is 2.55 bits per heavy atom. The minimum Gasteiger partial charge on any atom is -0.363 e. The summed E-state index contributed by atoms with van der Waals surface area (Å²) in [6.07, 6.45) is -2.48. The highest BCUT2D eigenvalue weighted by molar-refractivity contribution is 7.92. The Bertz CT molecular complexity index is 1610. The Labute approximate surface area is 223 Å². The number of alkyl halides is 3. The smallest absolute Gasteiger partial charge is 0.363 e. The van der Waals surface area contributed by atoms with Gasteiger partial charge in [-0.1, -0.05) is 28.4 Å². The van der Waals surface area contributed by atoms with Gasteiger partial charge in [0, 0.05) is 25.9 Å². The van der Waals surface area contributed by atoms with Gasteiger partial charge in [-0.05, 0) is 31.2 Å². The predicted molar refractivity (Wildman–Crippen MR) is 130 cm³/mol. The number of anilines is 1. The van der Waals surface area contributed by atoms with Crippen LogP contribution in [0.4, 0.5) is 18.9 Å². The standard InChI is InChI=1S/C21H16Cl2F3N7O4S/c1-3-32(2)20(34)19-29-28-18(33(19)16-6-7-37-30-16)17-15(8-11(22)10-27-17)31-38(35,36)12-4-5-14(23)13(9-12)21(24,25)26/h4-10,31H,3H2,1-2H3. The number of rotatable bonds is 7. The molecule has 0 radical (unpaired) electrons. The van der Waals surface area contributed by atoms with Crippen LogP contribution in [0.25, 0.3) is 17.3 Å². The second kappa shape index (κ2) is 10.2. The Kier molecular flexibility index (Phi) is 7.36. The minimum absolute atomic E-state index is 0.00643. The normalized spacial score (nSPS) is 12.0. The van der Waals surface area contributed by atoms with Gasteiger partial charge in [0.05, 0.1) is 26.2 Å². The molecule has 0 aliphatic rings. The summed E-state index contributed by atoms with van der Waals surface area (Å²) in [5, 5.41) is 11.1. The van der Waals surface area contributed by atoms with E-state index in [9.17, 15) is 26.4 Å². The number of sulfonamides is 1. The van der Waals surface area contributed by atoms with E-state index < -0.39 is 37.6 Å². The SMILES string of the molecule is CCN(C)C(=O)c1nnc(-c2ncc(Cl)cc2NS(=O)(=O)c2ccc(Cl)c(C(F)(F)F)c2)n1-c1ccon1. The lowest BCUT2D eigenvalue weighted by atomic mass is 10.2. The molecular weight excluding hydrogens is 574 g/mol. The van der Waals surface area contributed by atoms with Gasteiger partial charge in [0.15, 0.2) is 11.6 Å². The lowest BCUT2D eigenvalue weighted by Crippen LogP contribution is -2.29. The number of nitrogens with zero attached hydrogens (tertiary/aromatic N) is 6. The van der Waals surface area contributed by atoms with Gasteiger partial charge >= 0.3 is 6.18 Å². The number of hydrogen-bond donors (Lipinski definition) is 1. The van der Waals surface area contributed by atoms with Crippen molar-refractivity contribution in [3.8, 4) is 17.3 Å². The van der Waals surface area contributed by atoms with Crippen molar-refractivity contribution in [3.05, 3.63) is 64.2 Å². The lowest BCUT2D eigenvalue weighted by molar-refractivity contribution is -0.137. The molecule has 0 bridgehead atoms. The molecule has 3 heterocycles. The van der Waals surface area contributed by atoms with E-state index >= 15 is 0 Å². The number of halogens is 5. The van der Waals surface area contributed by atoms with Gasteiger partial charge in [-0.25, -0.2) is 18.0 Å². The summed E-state index contributed by atoms with van der Waals surface area (Å²) >= 11 is 11.7. The van der Waals surface area contributed by atoms with Crippen molar-refractivity contribution >= 4 is 44.8 Å². The van der Waals surface area contributed by atoms with E-state index in [1.54, 1.807) is 6.92 Å². The molecule has 0 saturated heterocycles. The lowest BCUT2D eigenvalue weighted by Gasteiger charge is -2.16. The van der Waals surface area contributed by atoms with Crippen molar-refractivity contribution in [2.75, 3.05) is 18.3 Å². The molecule has 1 N–H and O–H groups in total. The number of benzene rings is 1. The van der Waals surface area contributed by atoms with Gasteiger partial charge in [0.2, 0.25) is 5.82 Å². The zero-order chi connectivity index (χ0) is 27.8. The molecule has 38 heavy (non-hydrogen) atoms. The summed E-state index contributed by atoms with van der Waals surface area (Å²) < 4.78 is 74.5. The van der Waals surface area contributed by atoms with Crippen molar-refractivity contribution in [1.82, 2.24) is 29.8 Å². The van der Waals surface area contributed by atoms with Crippen LogP contribution >= 0.6 is 23.2 Å². The molecule has 200 valence electrons. The summed E-state index contributed by atoms with van der Waals surface area (Å²) in [5.74, 6) is -0.772. The third-order valence-electron chi connectivity index (χ3n) is 5.19. The van der Waals surface area contributed by atoms with Gasteiger partial charge < -0.3 is 9.42 Å². The molecule has 0 aliphatic heterocycles. The summed E-state index contributed by atoms with van der Waals surface area (Å²) in [6, 6.07) is 4.70. The van der Waals surface area contributed by atoms with Crippen LogP contribution in [0.15, 0.2) is 52.2 Å². The zero-order valence-electron chi connectivity index (χ0n) is 19.4. The summed E-state index contributed by atoms with van der Waals surface area (Å²) in [5.41, 5.74) is -1.75. The number of amides is 1. The van der Waals surface area contributed by atoms with Crippen molar-refractivity contribution in [2.45, 2.75) is 18.0 Å². The first kappa shape index (κ1) is 27.3. The molecule has 1 aromatic carbocycles. The fourth-order valence-electron chi connectivity index (χ4n) is 3.22. The highest BCUT2D eigenvalue weighted by atomic mass is 35.5. The molecule has 0 spiro atoms. The van der Waals surface area contributed by atoms with E-state index in [1.807, 2.05) is 0 Å². The van der Waals surface area contributed by atoms with Crippen LogP contribution in [0, 0.1) is 0 Å². The number of carbonyl (C=O) groups excluding carboxylic acids is 1. The third kappa shape index (κ3) is 5.30. The fraction of sp³-hybridized carbons (Fsp3) is 0.190. The monoisotopic (exact) mass is 589 g/mol. The van der Waals surface area contributed by atoms with Crippen LogP contribution in [0.1, 0.15) is 23.1 Å². The van der Waals surface area contributed by atoms with Gasteiger partial charge in [0.25, 0.3) is 15.9 Å². The maximum absolute atomic E-state index is 13.3. The van der Waals surface area contributed by atoms with Crippen molar-refractivity contribution in [3.63, 3.8) is 0 Å². The molecule has 1 amide bonds. The van der Waals surface area contributed by atoms with E-state index in [4.69, 9.17) is 27.7 Å². The minimum atomic E-state index is -4.89. The Morgan fingerprint density at radius 2 is 1.92 bits per heavy atom. The van der Waals surface area contributed by atoms with E-state index in [1.165, 1.54) is 41.1 Å². The van der Waals surface area contributed by atoms with Gasteiger partial charge in [-0.2, -0.15) is 13.2 Å². The van der Waals surface area contributed by atoms with Crippen molar-refractivity contribution in [2.24, 2.45) is 0 Å². The Balaban J connectivity index is 1.85. The third-order valence-corrected chi connectivity index (χ3v) is 7.09. The highest BCUT2D eigenvalue weighted by Crippen LogP contribution is 2.37. The number of aromatic nitrogens is 5. The average Bonchev–Trinajstić information content (AvgIpc) is 3.52. The molecular formula is C21H16Cl2F3N7O4S. The van der Waals surface area contributed by atoms with Crippen LogP contribution < -0.4 is 4.72 Å². The number of pyridine rings is 1. The first-order valence-corrected chi connectivity index (χ1v) is 12.7. The van der Waals surface area contributed by atoms with E-state index in [0.29, 0.717) is 12.6 Å². The average molecular weight is 590 g/mol. The fourth-order valence-corrected chi connectivity index (χ4v) is 4.68. The predicted octanol–water partition coefficient (Wildman–Crippen LogP) is 4.54. The number of nitrogens with one attached hydrogen (secondary N) is 1. The van der Waals surface area contributed by atoms with E-state index in [-0.39, 0.29) is 33.9 Å². The van der Waals surface area contributed by atoms with Crippen molar-refractivity contribution in [1.29, 1.82) is 0 Å². The molecule has 11 nitrogen and oxygen atoms in total. The molecule has 0 saturated carbocycles. The molecule has 0 fully saturated rings. The first-order valence-electron chi connectivity index (χ1n) is 10.5. The van der Waals surface area contributed by atoms with Crippen LogP contribution in [0.5, 0.6) is 0 Å².